The second-order valence-electron chi connectivity index (χ2n) is 11.6. The van der Waals surface area contributed by atoms with Crippen molar-refractivity contribution in [3.63, 3.8) is 0 Å². The number of hydrogen-bond acceptors (Lipinski definition) is 7. The van der Waals surface area contributed by atoms with Gasteiger partial charge in [0.1, 0.15) is 0 Å². The van der Waals surface area contributed by atoms with Gasteiger partial charge >= 0.3 is 12.1 Å². The Morgan fingerprint density at radius 1 is 1.15 bits per heavy atom. The number of nitrogens with zero attached hydrogens (tertiary/aromatic N) is 3. The lowest BCUT2D eigenvalue weighted by Crippen LogP contribution is -2.34. The number of carbonyl (C=O) groups is 4. The van der Waals surface area contributed by atoms with Gasteiger partial charge < -0.3 is 20.7 Å². The molecule has 1 aromatic heterocycles. The third kappa shape index (κ3) is 5.57. The number of ether oxygens (including phenoxy) is 1. The molecule has 10 nitrogen and oxygen atoms in total. The normalized spacial score (nSPS) is 18.4. The van der Waals surface area contributed by atoms with E-state index in [9.17, 15) is 32.3 Å². The van der Waals surface area contributed by atoms with Gasteiger partial charge in [-0.25, -0.2) is 4.68 Å². The summed E-state index contributed by atoms with van der Waals surface area (Å²) in [6.45, 7) is 5.36. The third-order valence-corrected chi connectivity index (χ3v) is 7.69. The number of benzene rings is 1. The summed E-state index contributed by atoms with van der Waals surface area (Å²) in [5.41, 5.74) is 6.49. The maximum absolute atomic E-state index is 13.9. The number of nitrogens with one attached hydrogen (secondary N) is 1. The molecule has 3 N–H and O–H groups in total. The zero-order valence-electron chi connectivity index (χ0n) is 22.9. The van der Waals surface area contributed by atoms with Crippen LogP contribution in [-0.4, -0.2) is 64.0 Å². The maximum Gasteiger partial charge on any atom is 0.435 e. The second kappa shape index (κ2) is 10.0. The Labute approximate surface area is 233 Å². The number of ketones is 1. The molecule has 1 aromatic carbocycles. The van der Waals surface area contributed by atoms with Gasteiger partial charge in [-0.3, -0.25) is 19.2 Å². The number of Topliss-reactive ketones (excluding diaryl/α,β-unsaturated/α-hetero) is 1. The summed E-state index contributed by atoms with van der Waals surface area (Å²) >= 11 is 0. The number of likely N-dealkylation sites (tertiary alicyclic amines) is 1. The average Bonchev–Trinajstić information content (AvgIpc) is 3.53. The number of halogens is 3. The molecule has 0 fully saturated rings. The number of fused-ring (bicyclic) bond motifs is 1. The van der Waals surface area contributed by atoms with Crippen molar-refractivity contribution in [3.05, 3.63) is 51.9 Å². The highest BCUT2D eigenvalue weighted by Gasteiger charge is 2.45. The minimum Gasteiger partial charge on any atom is -0.456 e. The van der Waals surface area contributed by atoms with E-state index in [1.807, 2.05) is 13.8 Å². The number of amides is 2. The SMILES string of the molecule is CC(=O)OCC(=O)N1CC2=C(CC(Nc3cc(-n4nc(C(F)(F)F)c5c4CC(C)(C)CC5=O)ccc3C(N)=O)C2)C1. The molecule has 2 amide bonds. The van der Waals surface area contributed by atoms with Gasteiger partial charge in [-0.2, -0.15) is 18.3 Å². The van der Waals surface area contributed by atoms with Crippen molar-refractivity contribution in [2.24, 2.45) is 11.1 Å². The van der Waals surface area contributed by atoms with Crippen molar-refractivity contribution in [2.45, 2.75) is 58.7 Å². The van der Waals surface area contributed by atoms with E-state index in [0.29, 0.717) is 31.6 Å². The first-order valence-electron chi connectivity index (χ1n) is 13.2. The molecule has 0 radical (unpaired) electrons. The van der Waals surface area contributed by atoms with Crippen LogP contribution in [0.5, 0.6) is 0 Å². The predicted molar refractivity (Wildman–Crippen MR) is 140 cm³/mol. The van der Waals surface area contributed by atoms with Gasteiger partial charge in [0.15, 0.2) is 18.1 Å². The predicted octanol–water partition coefficient (Wildman–Crippen LogP) is 3.42. The van der Waals surface area contributed by atoms with Crippen molar-refractivity contribution in [1.82, 2.24) is 14.7 Å². The summed E-state index contributed by atoms with van der Waals surface area (Å²) in [4.78, 5) is 50.0. The minimum atomic E-state index is -4.82. The van der Waals surface area contributed by atoms with Crippen LogP contribution in [0.1, 0.15) is 72.1 Å². The monoisotopic (exact) mass is 573 g/mol. The molecule has 0 bridgehead atoms. The molecule has 0 atom stereocenters. The van der Waals surface area contributed by atoms with Crippen LogP contribution in [-0.2, 0) is 26.9 Å². The fourth-order valence-corrected chi connectivity index (χ4v) is 5.94. The smallest absolute Gasteiger partial charge is 0.435 e. The molecule has 3 aliphatic rings. The van der Waals surface area contributed by atoms with E-state index in [2.05, 4.69) is 10.4 Å². The van der Waals surface area contributed by atoms with Crippen molar-refractivity contribution in [2.75, 3.05) is 25.0 Å². The Morgan fingerprint density at radius 3 is 2.39 bits per heavy atom. The zero-order valence-corrected chi connectivity index (χ0v) is 22.9. The third-order valence-electron chi connectivity index (χ3n) is 7.69. The molecular formula is C28H30F3N5O5. The average molecular weight is 574 g/mol. The largest absolute Gasteiger partial charge is 0.456 e. The van der Waals surface area contributed by atoms with Gasteiger partial charge in [0.05, 0.1) is 22.5 Å². The number of hydrogen-bond donors (Lipinski definition) is 2. The van der Waals surface area contributed by atoms with E-state index in [1.165, 1.54) is 25.1 Å². The molecule has 2 heterocycles. The molecule has 0 saturated heterocycles. The number of esters is 1. The summed E-state index contributed by atoms with van der Waals surface area (Å²) < 4.78 is 47.7. The van der Waals surface area contributed by atoms with Crippen LogP contribution in [0.4, 0.5) is 18.9 Å². The van der Waals surface area contributed by atoms with Gasteiger partial charge in [-0.05, 0) is 54.0 Å². The molecule has 0 spiro atoms. The number of anilines is 1. The Bertz CT molecular complexity index is 1490. The van der Waals surface area contributed by atoms with E-state index in [-0.39, 0.29) is 48.3 Å². The summed E-state index contributed by atoms with van der Waals surface area (Å²) in [7, 11) is 0. The Balaban J connectivity index is 1.40. The van der Waals surface area contributed by atoms with E-state index in [4.69, 9.17) is 10.5 Å². The lowest BCUT2D eigenvalue weighted by atomic mass is 9.75. The number of alkyl halides is 3. The van der Waals surface area contributed by atoms with E-state index < -0.39 is 40.5 Å². The number of aromatic nitrogens is 2. The fraction of sp³-hybridized carbons (Fsp3) is 0.464. The molecule has 0 saturated carbocycles. The van der Waals surface area contributed by atoms with E-state index in [1.54, 1.807) is 4.90 Å². The first kappa shape index (κ1) is 28.4. The summed E-state index contributed by atoms with van der Waals surface area (Å²) in [5.74, 6) is -2.14. The van der Waals surface area contributed by atoms with Crippen LogP contribution in [0.25, 0.3) is 5.69 Å². The second-order valence-corrected chi connectivity index (χ2v) is 11.6. The van der Waals surface area contributed by atoms with Gasteiger partial charge in [-0.1, -0.05) is 13.8 Å². The van der Waals surface area contributed by atoms with Crippen LogP contribution in [0.3, 0.4) is 0 Å². The van der Waals surface area contributed by atoms with Crippen molar-refractivity contribution in [3.8, 4) is 5.69 Å². The topological polar surface area (TPSA) is 137 Å². The molecule has 41 heavy (non-hydrogen) atoms. The zero-order chi connectivity index (χ0) is 29.9. The fourth-order valence-electron chi connectivity index (χ4n) is 5.94. The molecule has 218 valence electrons. The lowest BCUT2D eigenvalue weighted by molar-refractivity contribution is -0.149. The van der Waals surface area contributed by atoms with Gasteiger partial charge in [0, 0.05) is 38.2 Å². The number of carbonyl (C=O) groups excluding carboxylic acids is 4. The molecular weight excluding hydrogens is 543 g/mol. The standard InChI is InChI=1S/C28H30F3N5O5/c1-14(37)41-13-23(39)35-11-15-6-17(7-16(15)12-35)33-20-8-18(4-5-19(20)26(32)40)36-21-9-27(2,3)10-22(38)24(21)25(34-36)28(29,30)31/h4-5,8,17,33H,6-7,9-13H2,1-3H3,(H2,32,40). The highest BCUT2D eigenvalue weighted by molar-refractivity contribution is 6.00. The van der Waals surface area contributed by atoms with Crippen molar-refractivity contribution in [1.29, 1.82) is 0 Å². The van der Waals surface area contributed by atoms with Crippen LogP contribution >= 0.6 is 0 Å². The molecule has 2 aromatic rings. The van der Waals surface area contributed by atoms with Crippen LogP contribution in [0, 0.1) is 5.41 Å². The lowest BCUT2D eigenvalue weighted by Gasteiger charge is -2.29. The molecule has 2 aliphatic carbocycles. The minimum absolute atomic E-state index is 0.0195. The van der Waals surface area contributed by atoms with Gasteiger partial charge in [0.25, 0.3) is 11.8 Å². The summed E-state index contributed by atoms with van der Waals surface area (Å²) in [6, 6.07) is 4.28. The first-order valence-corrected chi connectivity index (χ1v) is 13.2. The number of rotatable bonds is 6. The Morgan fingerprint density at radius 2 is 1.80 bits per heavy atom. The molecule has 1 aliphatic heterocycles. The Hall–Kier alpha value is -4.16. The van der Waals surface area contributed by atoms with Crippen LogP contribution in [0.2, 0.25) is 0 Å². The summed E-state index contributed by atoms with van der Waals surface area (Å²) in [6.07, 6.45) is -3.47. The van der Waals surface area contributed by atoms with Crippen LogP contribution < -0.4 is 11.1 Å². The van der Waals surface area contributed by atoms with E-state index >= 15 is 0 Å². The number of primary amides is 1. The first-order chi connectivity index (χ1) is 19.1. The highest BCUT2D eigenvalue weighted by Crippen LogP contribution is 2.42. The quantitative estimate of drug-likeness (QED) is 0.399. The highest BCUT2D eigenvalue weighted by atomic mass is 19.4. The van der Waals surface area contributed by atoms with E-state index in [0.717, 1.165) is 15.8 Å². The van der Waals surface area contributed by atoms with Crippen molar-refractivity contribution < 1.29 is 37.1 Å². The Kier molecular flexibility index (Phi) is 6.94. The number of nitrogens with two attached hydrogens (primary N) is 1. The molecule has 13 heteroatoms. The molecule has 0 unspecified atom stereocenters. The van der Waals surface area contributed by atoms with Crippen LogP contribution in [0.15, 0.2) is 29.3 Å². The summed E-state index contributed by atoms with van der Waals surface area (Å²) in [5, 5.41) is 7.15. The van der Waals surface area contributed by atoms with Gasteiger partial charge in [0.2, 0.25) is 0 Å². The van der Waals surface area contributed by atoms with Gasteiger partial charge in [-0.15, -0.1) is 0 Å². The van der Waals surface area contributed by atoms with Crippen molar-refractivity contribution >= 4 is 29.3 Å². The maximum atomic E-state index is 13.9. The molecule has 5 rings (SSSR count).